The first-order chi connectivity index (χ1) is 19.7. The Labute approximate surface area is 248 Å². The highest BCUT2D eigenvalue weighted by atomic mass is 15.3. The van der Waals surface area contributed by atoms with E-state index in [4.69, 9.17) is 0 Å². The van der Waals surface area contributed by atoms with Gasteiger partial charge in [-0.1, -0.05) is 140 Å². The molecule has 0 N–H and O–H groups in total. The third kappa shape index (κ3) is 5.49. The maximum Gasteiger partial charge on any atom is 0.245 e. The molecule has 4 aromatic rings. The molecule has 2 nitrogen and oxygen atoms in total. The lowest BCUT2D eigenvalue weighted by Gasteiger charge is -2.28. The molecule has 1 heterocycles. The first kappa shape index (κ1) is 28.9. The van der Waals surface area contributed by atoms with Gasteiger partial charge in [0.2, 0.25) is 6.34 Å². The van der Waals surface area contributed by atoms with E-state index in [1.54, 1.807) is 0 Å². The van der Waals surface area contributed by atoms with E-state index >= 15 is 0 Å². The van der Waals surface area contributed by atoms with Crippen molar-refractivity contribution in [2.75, 3.05) is 4.90 Å². The second kappa shape index (κ2) is 12.1. The zero-order valence-electron chi connectivity index (χ0n) is 26.2. The Balaban J connectivity index is 1.85. The maximum absolute atomic E-state index is 2.58. The second-order valence-electron chi connectivity index (χ2n) is 12.8. The largest absolute Gasteiger partial charge is 0.245 e. The molecule has 0 amide bonds. The average molecular weight is 544 g/mol. The molecule has 0 fully saturated rings. The normalized spacial score (nSPS) is 17.3. The number of hydrogen-bond donors (Lipinski definition) is 0. The van der Waals surface area contributed by atoms with Gasteiger partial charge in [0.15, 0.2) is 12.1 Å². The van der Waals surface area contributed by atoms with Gasteiger partial charge < -0.3 is 0 Å². The summed E-state index contributed by atoms with van der Waals surface area (Å²) in [5.41, 5.74) is 11.1. The van der Waals surface area contributed by atoms with Gasteiger partial charge >= 0.3 is 0 Å². The van der Waals surface area contributed by atoms with Gasteiger partial charge in [-0.05, 0) is 46.9 Å². The topological polar surface area (TPSA) is 6.25 Å². The van der Waals surface area contributed by atoms with Crippen LogP contribution in [0.25, 0.3) is 0 Å². The summed E-state index contributed by atoms with van der Waals surface area (Å²) in [5, 5.41) is 0. The number of rotatable bonds is 8. The van der Waals surface area contributed by atoms with Crippen LogP contribution in [-0.4, -0.2) is 10.9 Å². The van der Waals surface area contributed by atoms with Crippen molar-refractivity contribution in [1.82, 2.24) is 0 Å². The SMILES string of the molecule is CC(C)c1cccc(N2C=[N+](c3cccc(C(C)C)c3C(C)C)[C@H](c3ccccc3)[C@H]2c2ccccc2)c1C(C)C. The lowest BCUT2D eigenvalue weighted by atomic mass is 9.86. The number of hydrogen-bond acceptors (Lipinski definition) is 1. The van der Waals surface area contributed by atoms with Crippen LogP contribution in [0.4, 0.5) is 11.4 Å². The molecule has 212 valence electrons. The van der Waals surface area contributed by atoms with Gasteiger partial charge in [-0.2, -0.15) is 0 Å². The molecule has 41 heavy (non-hydrogen) atoms. The quantitative estimate of drug-likeness (QED) is 0.200. The Kier molecular flexibility index (Phi) is 8.50. The number of anilines is 1. The molecule has 2 heteroatoms. The highest BCUT2D eigenvalue weighted by Gasteiger charge is 2.47. The molecule has 0 bridgehead atoms. The lowest BCUT2D eigenvalue weighted by molar-refractivity contribution is -0.482. The number of nitrogens with zero attached hydrogens (tertiary/aromatic N) is 2. The lowest BCUT2D eigenvalue weighted by Crippen LogP contribution is -2.27. The maximum atomic E-state index is 2.58. The number of benzene rings is 4. The average Bonchev–Trinajstić information content (AvgIpc) is 3.37. The summed E-state index contributed by atoms with van der Waals surface area (Å²) >= 11 is 0. The summed E-state index contributed by atoms with van der Waals surface area (Å²) < 4.78 is 2.58. The van der Waals surface area contributed by atoms with E-state index in [2.05, 4.69) is 168 Å². The highest BCUT2D eigenvalue weighted by molar-refractivity contribution is 5.83. The Morgan fingerprint density at radius 2 is 1.02 bits per heavy atom. The zero-order valence-corrected chi connectivity index (χ0v) is 26.2. The van der Waals surface area contributed by atoms with Crippen molar-refractivity contribution in [3.05, 3.63) is 130 Å². The Morgan fingerprint density at radius 1 is 0.512 bits per heavy atom. The fraction of sp³-hybridized carbons (Fsp3) is 0.359. The smallest absolute Gasteiger partial charge is 0.222 e. The van der Waals surface area contributed by atoms with E-state index in [1.807, 2.05) is 0 Å². The molecule has 2 atom stereocenters. The van der Waals surface area contributed by atoms with Crippen molar-refractivity contribution in [2.45, 2.75) is 91.1 Å². The molecule has 0 radical (unpaired) electrons. The van der Waals surface area contributed by atoms with E-state index in [9.17, 15) is 0 Å². The first-order valence-electron chi connectivity index (χ1n) is 15.5. The summed E-state index contributed by atoms with van der Waals surface area (Å²) in [7, 11) is 0. The van der Waals surface area contributed by atoms with Crippen molar-refractivity contribution in [3.8, 4) is 0 Å². The molecule has 1 aliphatic rings. The van der Waals surface area contributed by atoms with Crippen LogP contribution < -0.4 is 4.90 Å². The van der Waals surface area contributed by atoms with Gasteiger partial charge in [-0.15, -0.1) is 0 Å². The molecule has 0 spiro atoms. The van der Waals surface area contributed by atoms with E-state index in [1.165, 1.54) is 44.8 Å². The van der Waals surface area contributed by atoms with Crippen LogP contribution in [0.3, 0.4) is 0 Å². The minimum atomic E-state index is 0.112. The van der Waals surface area contributed by atoms with Crippen molar-refractivity contribution in [1.29, 1.82) is 0 Å². The third-order valence-electron chi connectivity index (χ3n) is 8.62. The summed E-state index contributed by atoms with van der Waals surface area (Å²) in [4.78, 5) is 2.58. The minimum Gasteiger partial charge on any atom is -0.222 e. The predicted molar refractivity (Wildman–Crippen MR) is 176 cm³/mol. The Hall–Kier alpha value is -3.65. The first-order valence-corrected chi connectivity index (χ1v) is 15.5. The third-order valence-corrected chi connectivity index (χ3v) is 8.62. The van der Waals surface area contributed by atoms with E-state index in [0.717, 1.165) is 0 Å². The fourth-order valence-electron chi connectivity index (χ4n) is 6.85. The summed E-state index contributed by atoms with van der Waals surface area (Å²) in [6.45, 7) is 18.6. The van der Waals surface area contributed by atoms with Gasteiger partial charge in [-0.25, -0.2) is 9.48 Å². The van der Waals surface area contributed by atoms with Crippen LogP contribution in [0, 0.1) is 0 Å². The van der Waals surface area contributed by atoms with E-state index < -0.39 is 0 Å². The van der Waals surface area contributed by atoms with Crippen LogP contribution in [-0.2, 0) is 0 Å². The van der Waals surface area contributed by atoms with Crippen molar-refractivity contribution < 1.29 is 4.58 Å². The van der Waals surface area contributed by atoms with E-state index in [0.29, 0.717) is 23.7 Å². The minimum absolute atomic E-state index is 0.112. The van der Waals surface area contributed by atoms with Crippen LogP contribution in [0.2, 0.25) is 0 Å². The van der Waals surface area contributed by atoms with Gasteiger partial charge in [0.1, 0.15) is 11.4 Å². The molecular formula is C39H47N2+. The van der Waals surface area contributed by atoms with Crippen LogP contribution in [0.5, 0.6) is 0 Å². The molecule has 5 rings (SSSR count). The van der Waals surface area contributed by atoms with E-state index in [-0.39, 0.29) is 12.1 Å². The predicted octanol–water partition coefficient (Wildman–Crippen LogP) is 10.9. The molecule has 0 unspecified atom stereocenters. The molecule has 0 aromatic heterocycles. The summed E-state index contributed by atoms with van der Waals surface area (Å²) in [6.07, 6.45) is 2.42. The Bertz CT molecular complexity index is 1500. The van der Waals surface area contributed by atoms with Crippen LogP contribution in [0.15, 0.2) is 97.1 Å². The molecular weight excluding hydrogens is 496 g/mol. The summed E-state index contributed by atoms with van der Waals surface area (Å²) in [6, 6.07) is 36.3. The molecule has 1 aliphatic heterocycles. The second-order valence-corrected chi connectivity index (χ2v) is 12.8. The zero-order chi connectivity index (χ0) is 29.3. The Morgan fingerprint density at radius 3 is 1.56 bits per heavy atom. The van der Waals surface area contributed by atoms with Crippen molar-refractivity contribution in [2.24, 2.45) is 0 Å². The summed E-state index contributed by atoms with van der Waals surface area (Å²) in [5.74, 6) is 1.74. The molecule has 4 aromatic carbocycles. The highest BCUT2D eigenvalue weighted by Crippen LogP contribution is 2.49. The molecule has 0 saturated heterocycles. The van der Waals surface area contributed by atoms with Gasteiger partial charge in [0.25, 0.3) is 0 Å². The van der Waals surface area contributed by atoms with Crippen molar-refractivity contribution in [3.63, 3.8) is 0 Å². The monoisotopic (exact) mass is 543 g/mol. The molecule has 0 aliphatic carbocycles. The fourth-order valence-corrected chi connectivity index (χ4v) is 6.85. The van der Waals surface area contributed by atoms with Crippen LogP contribution in [0.1, 0.15) is 125 Å². The van der Waals surface area contributed by atoms with Crippen LogP contribution >= 0.6 is 0 Å². The standard InChI is InChI=1S/C39H47N2/c1-26(2)32-21-15-23-34(36(32)28(5)6)40-25-41(35-24-16-22-33(27(3)4)37(35)29(7)8)39(31-19-13-10-14-20-31)38(40)30-17-11-9-12-18-30/h9-29,38-39H,1-8H3/q+1/t38-,39-/m1/s1. The van der Waals surface area contributed by atoms with Gasteiger partial charge in [0, 0.05) is 22.3 Å². The molecule has 0 saturated carbocycles. The van der Waals surface area contributed by atoms with Crippen molar-refractivity contribution >= 4 is 17.7 Å². The van der Waals surface area contributed by atoms with Gasteiger partial charge in [0.05, 0.1) is 0 Å². The van der Waals surface area contributed by atoms with Gasteiger partial charge in [-0.3, -0.25) is 0 Å².